The number of benzene rings is 3. The predicted octanol–water partition coefficient (Wildman–Crippen LogP) is 3.63. The van der Waals surface area contributed by atoms with Crippen molar-refractivity contribution in [1.82, 2.24) is 9.78 Å². The number of anilines is 1. The molecule has 4 heteroatoms. The zero-order chi connectivity index (χ0) is 16.5. The van der Waals surface area contributed by atoms with Gasteiger partial charge in [0.1, 0.15) is 0 Å². The minimum Gasteiger partial charge on any atom is -0.399 e. The van der Waals surface area contributed by atoms with Gasteiger partial charge in [-0.25, -0.2) is 0 Å². The van der Waals surface area contributed by atoms with Crippen LogP contribution in [0, 0.1) is 0 Å². The van der Waals surface area contributed by atoms with E-state index in [0.717, 1.165) is 22.3 Å². The van der Waals surface area contributed by atoms with Gasteiger partial charge in [-0.2, -0.15) is 9.78 Å². The third kappa shape index (κ3) is 2.34. The van der Waals surface area contributed by atoms with Crippen LogP contribution in [0.5, 0.6) is 0 Å². The predicted molar refractivity (Wildman–Crippen MR) is 97.2 cm³/mol. The maximum absolute atomic E-state index is 12.9. The summed E-state index contributed by atoms with van der Waals surface area (Å²) in [6, 6.07) is 24.5. The Bertz CT molecular complexity index is 1080. The van der Waals surface area contributed by atoms with Gasteiger partial charge in [-0.1, -0.05) is 48.5 Å². The second kappa shape index (κ2) is 5.66. The first kappa shape index (κ1) is 14.2. The fourth-order valence-electron chi connectivity index (χ4n) is 2.83. The van der Waals surface area contributed by atoms with E-state index in [2.05, 4.69) is 5.10 Å². The van der Waals surface area contributed by atoms with Crippen molar-refractivity contribution in [2.24, 2.45) is 0 Å². The lowest BCUT2D eigenvalue weighted by Crippen LogP contribution is -2.22. The summed E-state index contributed by atoms with van der Waals surface area (Å²) in [5.41, 5.74) is 8.81. The first-order chi connectivity index (χ1) is 11.7. The maximum Gasteiger partial charge on any atom is 0.279 e. The molecule has 0 amide bonds. The van der Waals surface area contributed by atoms with Gasteiger partial charge in [0.25, 0.3) is 5.56 Å². The summed E-state index contributed by atoms with van der Waals surface area (Å²) >= 11 is 0. The molecule has 24 heavy (non-hydrogen) atoms. The van der Waals surface area contributed by atoms with Crippen LogP contribution < -0.4 is 11.3 Å². The number of nitrogens with zero attached hydrogens (tertiary/aromatic N) is 2. The Balaban J connectivity index is 2.10. The third-order valence-corrected chi connectivity index (χ3v) is 3.97. The first-order valence-corrected chi connectivity index (χ1v) is 7.67. The molecule has 1 aromatic heterocycles. The minimum absolute atomic E-state index is 0.135. The molecule has 0 aliphatic rings. The van der Waals surface area contributed by atoms with Crippen LogP contribution in [0.15, 0.2) is 83.7 Å². The highest BCUT2D eigenvalue weighted by molar-refractivity contribution is 5.94. The number of nitrogen functional groups attached to an aromatic ring is 1. The zero-order valence-corrected chi connectivity index (χ0v) is 12.9. The largest absolute Gasteiger partial charge is 0.399 e. The van der Waals surface area contributed by atoms with E-state index >= 15 is 0 Å². The molecule has 0 fully saturated rings. The smallest absolute Gasteiger partial charge is 0.279 e. The van der Waals surface area contributed by atoms with Gasteiger partial charge in [0.05, 0.1) is 16.8 Å². The highest BCUT2D eigenvalue weighted by Gasteiger charge is 2.13. The fraction of sp³-hybridized carbons (Fsp3) is 0. The molecule has 0 spiro atoms. The normalized spacial score (nSPS) is 10.8. The van der Waals surface area contributed by atoms with Gasteiger partial charge in [-0.3, -0.25) is 4.79 Å². The van der Waals surface area contributed by atoms with Crippen molar-refractivity contribution in [3.63, 3.8) is 0 Å². The molecular formula is C20H15N3O. The van der Waals surface area contributed by atoms with Crippen molar-refractivity contribution in [2.75, 3.05) is 5.73 Å². The molecule has 0 saturated carbocycles. The Hall–Kier alpha value is -3.40. The molecule has 4 aromatic rings. The molecule has 4 rings (SSSR count). The molecular weight excluding hydrogens is 298 g/mol. The van der Waals surface area contributed by atoms with E-state index < -0.39 is 0 Å². The van der Waals surface area contributed by atoms with Crippen molar-refractivity contribution in [1.29, 1.82) is 0 Å². The van der Waals surface area contributed by atoms with E-state index in [0.29, 0.717) is 11.1 Å². The summed E-state index contributed by atoms with van der Waals surface area (Å²) in [7, 11) is 0. The van der Waals surface area contributed by atoms with Crippen LogP contribution in [0.2, 0.25) is 0 Å². The van der Waals surface area contributed by atoms with Gasteiger partial charge in [0.15, 0.2) is 0 Å². The van der Waals surface area contributed by atoms with E-state index in [9.17, 15) is 4.79 Å². The van der Waals surface area contributed by atoms with Gasteiger partial charge >= 0.3 is 0 Å². The molecule has 0 unspecified atom stereocenters. The lowest BCUT2D eigenvalue weighted by molar-refractivity contribution is 0.826. The Morgan fingerprint density at radius 3 is 2.25 bits per heavy atom. The Morgan fingerprint density at radius 2 is 1.50 bits per heavy atom. The van der Waals surface area contributed by atoms with Gasteiger partial charge in [0.2, 0.25) is 0 Å². The van der Waals surface area contributed by atoms with Gasteiger partial charge < -0.3 is 5.73 Å². The van der Waals surface area contributed by atoms with Crippen LogP contribution in [0.1, 0.15) is 0 Å². The van der Waals surface area contributed by atoms with Gasteiger partial charge in [0, 0.05) is 16.6 Å². The quantitative estimate of drug-likeness (QED) is 0.575. The van der Waals surface area contributed by atoms with Crippen LogP contribution in [-0.2, 0) is 0 Å². The zero-order valence-electron chi connectivity index (χ0n) is 12.9. The van der Waals surface area contributed by atoms with Crippen molar-refractivity contribution in [3.8, 4) is 16.9 Å². The molecule has 0 bridgehead atoms. The van der Waals surface area contributed by atoms with Crippen molar-refractivity contribution in [3.05, 3.63) is 89.2 Å². The Labute approximate surface area is 138 Å². The number of hydrogen-bond acceptors (Lipinski definition) is 3. The molecule has 0 radical (unpaired) electrons. The molecule has 1 heterocycles. The van der Waals surface area contributed by atoms with E-state index in [-0.39, 0.29) is 5.56 Å². The monoisotopic (exact) mass is 313 g/mol. The molecule has 0 aliphatic heterocycles. The first-order valence-electron chi connectivity index (χ1n) is 7.67. The second-order valence-electron chi connectivity index (χ2n) is 5.57. The SMILES string of the molecule is Nc1cccc(-c2nn(-c3ccccc3)c(=O)c3ccccc23)c1. The molecule has 4 nitrogen and oxygen atoms in total. The topological polar surface area (TPSA) is 60.9 Å². The van der Waals surface area contributed by atoms with E-state index in [4.69, 9.17) is 5.73 Å². The summed E-state index contributed by atoms with van der Waals surface area (Å²) in [6.07, 6.45) is 0. The molecule has 2 N–H and O–H groups in total. The lowest BCUT2D eigenvalue weighted by Gasteiger charge is -2.11. The number of nitrogens with two attached hydrogens (primary N) is 1. The van der Waals surface area contributed by atoms with Gasteiger partial charge in [-0.05, 0) is 30.3 Å². The summed E-state index contributed by atoms with van der Waals surface area (Å²) in [4.78, 5) is 12.9. The van der Waals surface area contributed by atoms with Crippen molar-refractivity contribution in [2.45, 2.75) is 0 Å². The van der Waals surface area contributed by atoms with Crippen LogP contribution in [0.4, 0.5) is 5.69 Å². The summed E-state index contributed by atoms with van der Waals surface area (Å²) in [5, 5.41) is 6.08. The van der Waals surface area contributed by atoms with E-state index in [1.165, 1.54) is 4.68 Å². The lowest BCUT2D eigenvalue weighted by atomic mass is 10.0. The van der Waals surface area contributed by atoms with Crippen LogP contribution in [0.25, 0.3) is 27.7 Å². The summed E-state index contributed by atoms with van der Waals surface area (Å²) in [6.45, 7) is 0. The van der Waals surface area contributed by atoms with Gasteiger partial charge in [-0.15, -0.1) is 0 Å². The Kier molecular flexibility index (Phi) is 3.35. The molecule has 0 saturated heterocycles. The number of hydrogen-bond donors (Lipinski definition) is 1. The van der Waals surface area contributed by atoms with E-state index in [1.54, 1.807) is 0 Å². The average molecular weight is 313 g/mol. The number of fused-ring (bicyclic) bond motifs is 1. The second-order valence-corrected chi connectivity index (χ2v) is 5.57. The van der Waals surface area contributed by atoms with E-state index in [1.807, 2.05) is 78.9 Å². The molecule has 0 atom stereocenters. The van der Waals surface area contributed by atoms with Crippen LogP contribution in [0.3, 0.4) is 0 Å². The van der Waals surface area contributed by atoms with Crippen molar-refractivity contribution >= 4 is 16.5 Å². The number of para-hydroxylation sites is 1. The maximum atomic E-state index is 12.9. The van der Waals surface area contributed by atoms with Crippen LogP contribution >= 0.6 is 0 Å². The highest BCUT2D eigenvalue weighted by atomic mass is 16.1. The highest BCUT2D eigenvalue weighted by Crippen LogP contribution is 2.26. The summed E-state index contributed by atoms with van der Waals surface area (Å²) in [5.74, 6) is 0. The average Bonchev–Trinajstić information content (AvgIpc) is 2.63. The number of aromatic nitrogens is 2. The standard InChI is InChI=1S/C20H15N3O/c21-15-8-6-7-14(13-15)19-17-11-4-5-12-18(17)20(24)23(22-19)16-9-2-1-3-10-16/h1-13H,21H2. The molecule has 0 aliphatic carbocycles. The number of rotatable bonds is 2. The van der Waals surface area contributed by atoms with Crippen LogP contribution in [-0.4, -0.2) is 9.78 Å². The molecule has 116 valence electrons. The Morgan fingerprint density at radius 1 is 0.792 bits per heavy atom. The summed E-state index contributed by atoms with van der Waals surface area (Å²) < 4.78 is 1.45. The van der Waals surface area contributed by atoms with Crippen molar-refractivity contribution < 1.29 is 0 Å². The minimum atomic E-state index is -0.135. The fourth-order valence-corrected chi connectivity index (χ4v) is 2.83. The third-order valence-electron chi connectivity index (χ3n) is 3.97. The molecule has 3 aromatic carbocycles.